The molecule has 1 unspecified atom stereocenters. The highest BCUT2D eigenvalue weighted by atomic mass is 19.1. The van der Waals surface area contributed by atoms with Crippen molar-refractivity contribution < 1.29 is 4.39 Å². The van der Waals surface area contributed by atoms with Gasteiger partial charge in [0, 0.05) is 12.4 Å². The smallest absolute Gasteiger partial charge is 0.191 e. The summed E-state index contributed by atoms with van der Waals surface area (Å²) in [6.07, 6.45) is 4.82. The Hall–Kier alpha value is -0.860. The average Bonchev–Trinajstić information content (AvgIpc) is 2.52. The van der Waals surface area contributed by atoms with Crippen molar-refractivity contribution in [3.05, 3.63) is 18.5 Å². The topological polar surface area (TPSA) is 17.8 Å². The van der Waals surface area contributed by atoms with Crippen molar-refractivity contribution in [3.8, 4) is 0 Å². The summed E-state index contributed by atoms with van der Waals surface area (Å²) in [5, 5.41) is 3.81. The van der Waals surface area contributed by atoms with Crippen molar-refractivity contribution in [1.29, 1.82) is 0 Å². The zero-order valence-electron chi connectivity index (χ0n) is 6.70. The summed E-state index contributed by atoms with van der Waals surface area (Å²) in [6, 6.07) is 1.73. The number of aromatic nitrogens is 2. The normalized spacial score (nSPS) is 13.3. The maximum Gasteiger partial charge on any atom is 0.191 e. The van der Waals surface area contributed by atoms with Crippen LogP contribution in [0.2, 0.25) is 0 Å². The van der Waals surface area contributed by atoms with E-state index >= 15 is 0 Å². The first kappa shape index (κ1) is 8.24. The second kappa shape index (κ2) is 4.11. The summed E-state index contributed by atoms with van der Waals surface area (Å²) in [5.74, 6) is 0. The van der Waals surface area contributed by atoms with Crippen molar-refractivity contribution in [2.24, 2.45) is 0 Å². The van der Waals surface area contributed by atoms with Crippen LogP contribution in [0.4, 0.5) is 4.39 Å². The first-order valence-corrected chi connectivity index (χ1v) is 3.97. The fraction of sp³-hybridized carbons (Fsp3) is 0.625. The third-order valence-electron chi connectivity index (χ3n) is 1.61. The second-order valence-electron chi connectivity index (χ2n) is 2.56. The molecule has 0 radical (unpaired) electrons. The molecule has 0 bridgehead atoms. The van der Waals surface area contributed by atoms with E-state index in [4.69, 9.17) is 0 Å². The van der Waals surface area contributed by atoms with Crippen molar-refractivity contribution in [2.45, 2.75) is 32.5 Å². The molecule has 0 amide bonds. The standard InChI is InChI=1S/C8H13FN2/c1-2-3-5-8(9)11-7-4-6-10-11/h4,6-8H,2-3,5H2,1H3. The van der Waals surface area contributed by atoms with E-state index in [1.807, 2.05) is 0 Å². The van der Waals surface area contributed by atoms with Crippen LogP contribution in [0.5, 0.6) is 0 Å². The molecule has 0 spiro atoms. The molecule has 0 saturated heterocycles. The molecule has 0 aliphatic rings. The van der Waals surface area contributed by atoms with Gasteiger partial charge in [0.1, 0.15) is 0 Å². The van der Waals surface area contributed by atoms with Gasteiger partial charge >= 0.3 is 0 Å². The van der Waals surface area contributed by atoms with Gasteiger partial charge in [-0.05, 0) is 18.9 Å². The second-order valence-corrected chi connectivity index (χ2v) is 2.56. The van der Waals surface area contributed by atoms with E-state index in [9.17, 15) is 4.39 Å². The van der Waals surface area contributed by atoms with Crippen LogP contribution in [0.25, 0.3) is 0 Å². The Morgan fingerprint density at radius 1 is 1.64 bits per heavy atom. The highest BCUT2D eigenvalue weighted by Crippen LogP contribution is 2.14. The van der Waals surface area contributed by atoms with Crippen molar-refractivity contribution in [3.63, 3.8) is 0 Å². The van der Waals surface area contributed by atoms with Gasteiger partial charge in [0.05, 0.1) is 0 Å². The minimum absolute atomic E-state index is 0.568. The van der Waals surface area contributed by atoms with Crippen LogP contribution in [0.1, 0.15) is 32.5 Å². The van der Waals surface area contributed by atoms with Gasteiger partial charge in [0.25, 0.3) is 0 Å². The Balaban J connectivity index is 2.36. The predicted octanol–water partition coefficient (Wildman–Crippen LogP) is 2.54. The average molecular weight is 156 g/mol. The van der Waals surface area contributed by atoms with E-state index in [2.05, 4.69) is 12.0 Å². The Morgan fingerprint density at radius 2 is 2.45 bits per heavy atom. The van der Waals surface area contributed by atoms with Crippen LogP contribution >= 0.6 is 0 Å². The predicted molar refractivity (Wildman–Crippen MR) is 41.9 cm³/mol. The minimum atomic E-state index is -0.940. The van der Waals surface area contributed by atoms with Crippen LogP contribution in [0, 0.1) is 0 Å². The van der Waals surface area contributed by atoms with Crippen LogP contribution in [0.15, 0.2) is 18.5 Å². The Bertz CT molecular complexity index is 184. The summed E-state index contributed by atoms with van der Waals surface area (Å²) < 4.78 is 14.4. The van der Waals surface area contributed by atoms with E-state index < -0.39 is 6.30 Å². The fourth-order valence-corrected chi connectivity index (χ4v) is 0.951. The number of unbranched alkanes of at least 4 members (excludes halogenated alkanes) is 1. The molecular formula is C8H13FN2. The number of alkyl halides is 1. The lowest BCUT2D eigenvalue weighted by Gasteiger charge is -2.06. The van der Waals surface area contributed by atoms with Gasteiger partial charge in [-0.1, -0.05) is 13.3 Å². The molecule has 0 fully saturated rings. The number of halogens is 1. The van der Waals surface area contributed by atoms with E-state index in [0.717, 1.165) is 12.8 Å². The largest absolute Gasteiger partial charge is 0.239 e. The number of rotatable bonds is 4. The third kappa shape index (κ3) is 2.33. The molecule has 1 aromatic rings. The Labute approximate surface area is 66.0 Å². The molecule has 1 aromatic heterocycles. The number of nitrogens with zero attached hydrogens (tertiary/aromatic N) is 2. The summed E-state index contributed by atoms with van der Waals surface area (Å²) in [5.41, 5.74) is 0. The lowest BCUT2D eigenvalue weighted by atomic mass is 10.2. The van der Waals surface area contributed by atoms with E-state index in [-0.39, 0.29) is 0 Å². The highest BCUT2D eigenvalue weighted by Gasteiger charge is 2.06. The van der Waals surface area contributed by atoms with Crippen LogP contribution in [-0.2, 0) is 0 Å². The molecule has 1 atom stereocenters. The van der Waals surface area contributed by atoms with Crippen LogP contribution in [0.3, 0.4) is 0 Å². The lowest BCUT2D eigenvalue weighted by molar-refractivity contribution is 0.200. The van der Waals surface area contributed by atoms with Gasteiger partial charge in [-0.2, -0.15) is 5.10 Å². The van der Waals surface area contributed by atoms with E-state index in [1.54, 1.807) is 18.5 Å². The van der Waals surface area contributed by atoms with Gasteiger partial charge in [0.2, 0.25) is 0 Å². The summed E-state index contributed by atoms with van der Waals surface area (Å²) in [7, 11) is 0. The molecular weight excluding hydrogens is 143 g/mol. The highest BCUT2D eigenvalue weighted by molar-refractivity contribution is 4.79. The zero-order chi connectivity index (χ0) is 8.10. The van der Waals surface area contributed by atoms with E-state index in [1.165, 1.54) is 4.68 Å². The molecule has 62 valence electrons. The number of hydrogen-bond acceptors (Lipinski definition) is 1. The van der Waals surface area contributed by atoms with Crippen molar-refractivity contribution >= 4 is 0 Å². The molecule has 0 saturated carbocycles. The maximum absolute atomic E-state index is 13.1. The van der Waals surface area contributed by atoms with Crippen molar-refractivity contribution in [1.82, 2.24) is 9.78 Å². The molecule has 2 nitrogen and oxygen atoms in total. The quantitative estimate of drug-likeness (QED) is 0.655. The minimum Gasteiger partial charge on any atom is -0.239 e. The SMILES string of the molecule is CCCCC(F)n1cccn1. The van der Waals surface area contributed by atoms with Gasteiger partial charge < -0.3 is 0 Å². The van der Waals surface area contributed by atoms with Gasteiger partial charge in [-0.15, -0.1) is 0 Å². The van der Waals surface area contributed by atoms with Gasteiger partial charge in [-0.25, -0.2) is 9.07 Å². The molecule has 1 heterocycles. The zero-order valence-corrected chi connectivity index (χ0v) is 6.70. The monoisotopic (exact) mass is 156 g/mol. The molecule has 3 heteroatoms. The third-order valence-corrected chi connectivity index (χ3v) is 1.61. The lowest BCUT2D eigenvalue weighted by Crippen LogP contribution is -2.03. The van der Waals surface area contributed by atoms with Gasteiger partial charge in [0.15, 0.2) is 6.30 Å². The molecule has 0 aromatic carbocycles. The first-order valence-electron chi connectivity index (χ1n) is 3.97. The summed E-state index contributed by atoms with van der Waals surface area (Å²) >= 11 is 0. The summed E-state index contributed by atoms with van der Waals surface area (Å²) in [6.45, 7) is 2.05. The Kier molecular flexibility index (Phi) is 3.08. The molecule has 0 aliphatic carbocycles. The molecule has 11 heavy (non-hydrogen) atoms. The summed E-state index contributed by atoms with van der Waals surface area (Å²) in [4.78, 5) is 0. The molecule has 1 rings (SSSR count). The molecule has 0 N–H and O–H groups in total. The number of hydrogen-bond donors (Lipinski definition) is 0. The maximum atomic E-state index is 13.1. The molecule has 0 aliphatic heterocycles. The van der Waals surface area contributed by atoms with Crippen LogP contribution < -0.4 is 0 Å². The van der Waals surface area contributed by atoms with Crippen LogP contribution in [-0.4, -0.2) is 9.78 Å². The van der Waals surface area contributed by atoms with Crippen molar-refractivity contribution in [2.75, 3.05) is 0 Å². The van der Waals surface area contributed by atoms with Gasteiger partial charge in [-0.3, -0.25) is 0 Å². The fourth-order valence-electron chi connectivity index (χ4n) is 0.951. The first-order chi connectivity index (χ1) is 5.34. The van der Waals surface area contributed by atoms with E-state index in [0.29, 0.717) is 6.42 Å². The Morgan fingerprint density at radius 3 is 3.00 bits per heavy atom.